The normalized spacial score (nSPS) is 14.0. The van der Waals surface area contributed by atoms with Crippen molar-refractivity contribution in [1.29, 1.82) is 0 Å². The van der Waals surface area contributed by atoms with E-state index in [4.69, 9.17) is 20.8 Å². The molecule has 3 rings (SSSR count). The van der Waals surface area contributed by atoms with E-state index in [2.05, 4.69) is 0 Å². The Morgan fingerprint density at radius 3 is 2.83 bits per heavy atom. The van der Waals surface area contributed by atoms with Gasteiger partial charge in [0.2, 0.25) is 0 Å². The summed E-state index contributed by atoms with van der Waals surface area (Å²) in [5, 5.41) is 0.322. The third-order valence-corrected chi connectivity index (χ3v) is 4.15. The smallest absolute Gasteiger partial charge is 0.290 e. The van der Waals surface area contributed by atoms with E-state index in [1.807, 2.05) is 0 Å². The molecule has 1 aliphatic rings. The maximum Gasteiger partial charge on any atom is 0.290 e. The third-order valence-electron chi connectivity index (χ3n) is 3.80. The highest BCUT2D eigenvalue weighted by molar-refractivity contribution is 6.31. The van der Waals surface area contributed by atoms with E-state index in [0.717, 1.165) is 12.8 Å². The number of methoxy groups -OCH3 is 1. The van der Waals surface area contributed by atoms with Crippen molar-refractivity contribution in [2.75, 3.05) is 7.11 Å². The first-order chi connectivity index (χ1) is 11.1. The first-order valence-corrected chi connectivity index (χ1v) is 7.79. The average Bonchev–Trinajstić information content (AvgIpc) is 3.25. The van der Waals surface area contributed by atoms with Crippen molar-refractivity contribution in [2.45, 2.75) is 32.0 Å². The second-order valence-corrected chi connectivity index (χ2v) is 5.97. The molecule has 2 aromatic rings. The molecular formula is C17H17ClFNO3. The van der Waals surface area contributed by atoms with Gasteiger partial charge in [-0.1, -0.05) is 17.7 Å². The van der Waals surface area contributed by atoms with Crippen molar-refractivity contribution in [1.82, 2.24) is 4.90 Å². The highest BCUT2D eigenvalue weighted by Crippen LogP contribution is 2.32. The number of nitrogens with zero attached hydrogens (tertiary/aromatic N) is 1. The molecule has 1 fully saturated rings. The van der Waals surface area contributed by atoms with Crippen molar-refractivity contribution in [3.05, 3.63) is 58.3 Å². The number of carbonyl (C=O) groups is 1. The van der Waals surface area contributed by atoms with Crippen LogP contribution in [-0.4, -0.2) is 24.0 Å². The lowest BCUT2D eigenvalue weighted by Gasteiger charge is -2.22. The average molecular weight is 338 g/mol. The van der Waals surface area contributed by atoms with E-state index >= 15 is 0 Å². The van der Waals surface area contributed by atoms with Gasteiger partial charge < -0.3 is 14.1 Å². The Balaban J connectivity index is 1.82. The zero-order valence-electron chi connectivity index (χ0n) is 12.7. The van der Waals surface area contributed by atoms with Gasteiger partial charge in [0.25, 0.3) is 5.91 Å². The predicted octanol–water partition coefficient (Wildman–Crippen LogP) is 4.02. The summed E-state index contributed by atoms with van der Waals surface area (Å²) in [6.07, 6.45) is 1.81. The topological polar surface area (TPSA) is 42.7 Å². The molecule has 0 spiro atoms. The van der Waals surface area contributed by atoms with Gasteiger partial charge in [-0.05, 0) is 37.1 Å². The largest absolute Gasteiger partial charge is 0.453 e. The number of rotatable bonds is 6. The van der Waals surface area contributed by atoms with Gasteiger partial charge in [-0.3, -0.25) is 4.79 Å². The van der Waals surface area contributed by atoms with Crippen LogP contribution < -0.4 is 0 Å². The second kappa shape index (κ2) is 6.72. The molecule has 0 radical (unpaired) electrons. The molecule has 1 aromatic carbocycles. The number of hydrogen-bond donors (Lipinski definition) is 0. The Bertz CT molecular complexity index is 691. The van der Waals surface area contributed by atoms with E-state index < -0.39 is 5.82 Å². The molecule has 0 bridgehead atoms. The van der Waals surface area contributed by atoms with Crippen LogP contribution in [0.5, 0.6) is 0 Å². The number of amides is 1. The molecule has 1 aliphatic carbocycles. The fourth-order valence-corrected chi connectivity index (χ4v) is 2.68. The quantitative estimate of drug-likeness (QED) is 0.799. The van der Waals surface area contributed by atoms with Gasteiger partial charge in [0.15, 0.2) is 5.76 Å². The van der Waals surface area contributed by atoms with Crippen LogP contribution in [0.15, 0.2) is 34.7 Å². The molecule has 4 nitrogen and oxygen atoms in total. The molecule has 0 aliphatic heterocycles. The van der Waals surface area contributed by atoms with Crippen LogP contribution in [0.2, 0.25) is 5.02 Å². The van der Waals surface area contributed by atoms with Crippen molar-refractivity contribution < 1.29 is 18.3 Å². The van der Waals surface area contributed by atoms with Gasteiger partial charge in [-0.2, -0.15) is 0 Å². The Hall–Kier alpha value is -1.85. The maximum absolute atomic E-state index is 14.0. The Morgan fingerprint density at radius 2 is 2.17 bits per heavy atom. The summed E-state index contributed by atoms with van der Waals surface area (Å²) in [7, 11) is 1.56. The molecular weight excluding hydrogens is 321 g/mol. The summed E-state index contributed by atoms with van der Waals surface area (Å²) < 4.78 is 24.5. The molecule has 0 atom stereocenters. The van der Waals surface area contributed by atoms with Gasteiger partial charge in [-0.25, -0.2) is 4.39 Å². The number of furan rings is 1. The minimum Gasteiger partial charge on any atom is -0.453 e. The summed E-state index contributed by atoms with van der Waals surface area (Å²) in [6, 6.07) is 7.95. The summed E-state index contributed by atoms with van der Waals surface area (Å²) in [6.45, 7) is 0.436. The fourth-order valence-electron chi connectivity index (χ4n) is 2.46. The second-order valence-electron chi connectivity index (χ2n) is 5.56. The lowest BCUT2D eigenvalue weighted by molar-refractivity contribution is 0.0688. The van der Waals surface area contributed by atoms with Crippen molar-refractivity contribution >= 4 is 17.5 Å². The molecule has 122 valence electrons. The SMILES string of the molecule is COCc1ccc(C(=O)N(Cc2c(F)cccc2Cl)C2CC2)o1. The van der Waals surface area contributed by atoms with Gasteiger partial charge in [0, 0.05) is 23.7 Å². The molecule has 0 saturated heterocycles. The molecule has 0 unspecified atom stereocenters. The zero-order valence-corrected chi connectivity index (χ0v) is 13.5. The number of hydrogen-bond acceptors (Lipinski definition) is 3. The van der Waals surface area contributed by atoms with E-state index in [9.17, 15) is 9.18 Å². The standard InChI is InChI=1S/C17H17ClFNO3/c1-22-10-12-7-8-16(23-12)17(21)20(11-5-6-11)9-13-14(18)3-2-4-15(13)19/h2-4,7-8,11H,5-6,9-10H2,1H3. The lowest BCUT2D eigenvalue weighted by atomic mass is 10.2. The number of carbonyl (C=O) groups excluding carboxylic acids is 1. The summed E-state index contributed by atoms with van der Waals surface area (Å²) in [4.78, 5) is 14.3. The van der Waals surface area contributed by atoms with Gasteiger partial charge in [0.05, 0.1) is 6.54 Å². The molecule has 23 heavy (non-hydrogen) atoms. The van der Waals surface area contributed by atoms with Crippen LogP contribution in [-0.2, 0) is 17.9 Å². The molecule has 1 heterocycles. The highest BCUT2D eigenvalue weighted by Gasteiger charge is 2.35. The minimum atomic E-state index is -0.407. The van der Waals surface area contributed by atoms with E-state index in [0.29, 0.717) is 23.0 Å². The van der Waals surface area contributed by atoms with Crippen molar-refractivity contribution in [3.63, 3.8) is 0 Å². The van der Waals surface area contributed by atoms with Crippen molar-refractivity contribution in [2.24, 2.45) is 0 Å². The first kappa shape index (κ1) is 16.0. The van der Waals surface area contributed by atoms with Gasteiger partial charge >= 0.3 is 0 Å². The summed E-state index contributed by atoms with van der Waals surface area (Å²) in [5.74, 6) is 0.150. The van der Waals surface area contributed by atoms with Gasteiger partial charge in [0.1, 0.15) is 18.2 Å². The monoisotopic (exact) mass is 337 g/mol. The van der Waals surface area contributed by atoms with Crippen molar-refractivity contribution in [3.8, 4) is 0 Å². The first-order valence-electron chi connectivity index (χ1n) is 7.41. The Labute approximate surface area is 138 Å². The number of benzene rings is 1. The molecule has 1 amide bonds. The maximum atomic E-state index is 14.0. The molecule has 0 N–H and O–H groups in total. The fraction of sp³-hybridized carbons (Fsp3) is 0.353. The summed E-state index contributed by atoms with van der Waals surface area (Å²) in [5.41, 5.74) is 0.332. The Kier molecular flexibility index (Phi) is 4.68. The third kappa shape index (κ3) is 3.57. The van der Waals surface area contributed by atoms with Crippen LogP contribution >= 0.6 is 11.6 Å². The number of halogens is 2. The van der Waals surface area contributed by atoms with Crippen LogP contribution in [0.3, 0.4) is 0 Å². The van der Waals surface area contributed by atoms with E-state index in [1.165, 1.54) is 6.07 Å². The summed E-state index contributed by atoms with van der Waals surface area (Å²) >= 11 is 6.08. The van der Waals surface area contributed by atoms with Crippen LogP contribution in [0, 0.1) is 5.82 Å². The van der Waals surface area contributed by atoms with Gasteiger partial charge in [-0.15, -0.1) is 0 Å². The molecule has 1 aromatic heterocycles. The number of ether oxygens (including phenoxy) is 1. The zero-order chi connectivity index (χ0) is 16.4. The van der Waals surface area contributed by atoms with Crippen LogP contribution in [0.25, 0.3) is 0 Å². The predicted molar refractivity (Wildman–Crippen MR) is 83.7 cm³/mol. The minimum absolute atomic E-state index is 0.106. The van der Waals surface area contributed by atoms with Crippen LogP contribution in [0.4, 0.5) is 4.39 Å². The van der Waals surface area contributed by atoms with Crippen LogP contribution in [0.1, 0.15) is 34.7 Å². The molecule has 1 saturated carbocycles. The Morgan fingerprint density at radius 1 is 1.39 bits per heavy atom. The molecule has 6 heteroatoms. The van der Waals surface area contributed by atoms with E-state index in [1.54, 1.807) is 36.3 Å². The lowest BCUT2D eigenvalue weighted by Crippen LogP contribution is -2.32. The van der Waals surface area contributed by atoms with E-state index in [-0.39, 0.29) is 24.3 Å². The highest BCUT2D eigenvalue weighted by atomic mass is 35.5.